The van der Waals surface area contributed by atoms with Crippen molar-refractivity contribution in [2.75, 3.05) is 22.3 Å². The van der Waals surface area contributed by atoms with Crippen LogP contribution < -0.4 is 15.5 Å². The standard InChI is InChI=1S/C18H15ClN2O6S/c19-12-6-9(2-3-14(12)22)17-16(24)15(23)11-7-10(20)8-13(18(11)27-17)21-4-1-5-28(21,25)26/h2-3,6-8,22,24H,1,4-5,20H2. The van der Waals surface area contributed by atoms with E-state index >= 15 is 0 Å². The third-order valence-electron chi connectivity index (χ3n) is 4.55. The number of hydrogen-bond donors (Lipinski definition) is 3. The topological polar surface area (TPSA) is 134 Å². The first-order valence-corrected chi connectivity index (χ1v) is 10.3. The minimum atomic E-state index is -3.56. The van der Waals surface area contributed by atoms with Gasteiger partial charge in [0, 0.05) is 17.8 Å². The summed E-state index contributed by atoms with van der Waals surface area (Å²) < 4.78 is 31.7. The smallest absolute Gasteiger partial charge is 0.235 e. The summed E-state index contributed by atoms with van der Waals surface area (Å²) in [6, 6.07) is 6.76. The minimum Gasteiger partial charge on any atom is -0.506 e. The number of nitrogens with zero attached hydrogens (tertiary/aromatic N) is 1. The van der Waals surface area contributed by atoms with Crippen LogP contribution in [0.1, 0.15) is 6.42 Å². The van der Waals surface area contributed by atoms with Crippen LogP contribution in [0.5, 0.6) is 11.5 Å². The second-order valence-corrected chi connectivity index (χ2v) is 8.85. The molecular weight excluding hydrogens is 408 g/mol. The van der Waals surface area contributed by atoms with Crippen molar-refractivity contribution < 1.29 is 23.0 Å². The van der Waals surface area contributed by atoms with Gasteiger partial charge in [-0.25, -0.2) is 8.42 Å². The quantitative estimate of drug-likeness (QED) is 0.540. The second-order valence-electron chi connectivity index (χ2n) is 6.43. The molecule has 3 aromatic rings. The van der Waals surface area contributed by atoms with Gasteiger partial charge >= 0.3 is 0 Å². The number of fused-ring (bicyclic) bond motifs is 1. The molecule has 1 aliphatic heterocycles. The molecule has 0 saturated carbocycles. The third kappa shape index (κ3) is 2.83. The molecule has 0 bridgehead atoms. The predicted octanol–water partition coefficient (Wildman–Crippen LogP) is 2.65. The SMILES string of the molecule is Nc1cc(N2CCCS2(=O)=O)c2oc(-c3ccc(O)c(Cl)c3)c(O)c(=O)c2c1. The fraction of sp³-hybridized carbons (Fsp3) is 0.167. The number of nitrogens with two attached hydrogens (primary N) is 1. The van der Waals surface area contributed by atoms with Crippen LogP contribution in [-0.4, -0.2) is 30.9 Å². The Hall–Kier alpha value is -2.91. The average molecular weight is 423 g/mol. The number of benzene rings is 2. The molecule has 28 heavy (non-hydrogen) atoms. The van der Waals surface area contributed by atoms with E-state index in [1.165, 1.54) is 30.3 Å². The Morgan fingerprint density at radius 2 is 1.93 bits per heavy atom. The van der Waals surface area contributed by atoms with Crippen molar-refractivity contribution in [2.24, 2.45) is 0 Å². The first kappa shape index (κ1) is 18.5. The number of aromatic hydroxyl groups is 2. The molecule has 0 amide bonds. The number of anilines is 2. The highest BCUT2D eigenvalue weighted by atomic mass is 35.5. The molecule has 0 unspecified atom stereocenters. The highest BCUT2D eigenvalue weighted by Crippen LogP contribution is 2.39. The molecule has 146 valence electrons. The van der Waals surface area contributed by atoms with Gasteiger partial charge in [0.15, 0.2) is 11.3 Å². The second kappa shape index (κ2) is 6.32. The van der Waals surface area contributed by atoms with Crippen LogP contribution in [0.4, 0.5) is 11.4 Å². The Balaban J connectivity index is 2.06. The number of phenols is 1. The van der Waals surface area contributed by atoms with E-state index < -0.39 is 21.2 Å². The number of phenolic OH excluding ortho intramolecular Hbond substituents is 1. The summed E-state index contributed by atoms with van der Waals surface area (Å²) in [6.07, 6.45) is 0.432. The van der Waals surface area contributed by atoms with Crippen molar-refractivity contribution in [3.63, 3.8) is 0 Å². The lowest BCUT2D eigenvalue weighted by Crippen LogP contribution is -2.25. The molecule has 8 nitrogen and oxygen atoms in total. The molecule has 1 aromatic heterocycles. The van der Waals surface area contributed by atoms with Gasteiger partial charge in [0.2, 0.25) is 21.2 Å². The Kier molecular flexibility index (Phi) is 4.16. The molecule has 2 aromatic carbocycles. The lowest BCUT2D eigenvalue weighted by molar-refractivity contribution is 0.449. The largest absolute Gasteiger partial charge is 0.506 e. The molecule has 0 aliphatic carbocycles. The molecule has 0 spiro atoms. The minimum absolute atomic E-state index is 0.000652. The van der Waals surface area contributed by atoms with E-state index in [0.717, 1.165) is 4.31 Å². The van der Waals surface area contributed by atoms with Crippen molar-refractivity contribution in [3.8, 4) is 22.8 Å². The Bertz CT molecular complexity index is 1290. The zero-order valence-corrected chi connectivity index (χ0v) is 15.9. The third-order valence-corrected chi connectivity index (χ3v) is 6.71. The van der Waals surface area contributed by atoms with Gasteiger partial charge in [-0.05, 0) is 36.8 Å². The zero-order valence-electron chi connectivity index (χ0n) is 14.3. The summed E-state index contributed by atoms with van der Waals surface area (Å²) in [7, 11) is -3.56. The summed E-state index contributed by atoms with van der Waals surface area (Å²) in [6.45, 7) is 0.228. The number of halogens is 1. The lowest BCUT2D eigenvalue weighted by Gasteiger charge is -2.19. The Morgan fingerprint density at radius 3 is 2.57 bits per heavy atom. The van der Waals surface area contributed by atoms with Crippen LogP contribution in [0.2, 0.25) is 5.02 Å². The van der Waals surface area contributed by atoms with E-state index in [-0.39, 0.29) is 56.7 Å². The Morgan fingerprint density at radius 1 is 1.18 bits per heavy atom. The molecule has 4 N–H and O–H groups in total. The molecule has 4 rings (SSSR count). The van der Waals surface area contributed by atoms with Crippen LogP contribution in [0, 0.1) is 0 Å². The van der Waals surface area contributed by atoms with E-state index in [1.54, 1.807) is 0 Å². The number of rotatable bonds is 2. The van der Waals surface area contributed by atoms with Gasteiger partial charge in [0.05, 0.1) is 21.8 Å². The van der Waals surface area contributed by atoms with Crippen LogP contribution in [0.15, 0.2) is 39.5 Å². The summed E-state index contributed by atoms with van der Waals surface area (Å²) >= 11 is 5.91. The maximum Gasteiger partial charge on any atom is 0.235 e. The normalized spacial score (nSPS) is 16.0. The highest BCUT2D eigenvalue weighted by molar-refractivity contribution is 7.93. The summed E-state index contributed by atoms with van der Waals surface area (Å²) in [4.78, 5) is 12.7. The molecule has 1 saturated heterocycles. The van der Waals surface area contributed by atoms with Crippen LogP contribution in [-0.2, 0) is 10.0 Å². The van der Waals surface area contributed by atoms with Gasteiger partial charge in [0.1, 0.15) is 5.75 Å². The molecule has 0 atom stereocenters. The predicted molar refractivity (Wildman–Crippen MR) is 106 cm³/mol. The Labute approximate surface area is 164 Å². The number of hydrogen-bond acceptors (Lipinski definition) is 7. The highest BCUT2D eigenvalue weighted by Gasteiger charge is 2.31. The van der Waals surface area contributed by atoms with Crippen molar-refractivity contribution >= 4 is 44.0 Å². The molecule has 2 heterocycles. The number of nitrogen functional groups attached to an aromatic ring is 1. The summed E-state index contributed by atoms with van der Waals surface area (Å²) in [5, 5.41) is 19.9. The van der Waals surface area contributed by atoms with Gasteiger partial charge in [-0.2, -0.15) is 0 Å². The fourth-order valence-corrected chi connectivity index (χ4v) is 4.97. The van der Waals surface area contributed by atoms with Gasteiger partial charge in [0.25, 0.3) is 0 Å². The van der Waals surface area contributed by atoms with Gasteiger partial charge < -0.3 is 20.4 Å². The maximum absolute atomic E-state index is 12.7. The van der Waals surface area contributed by atoms with Crippen LogP contribution >= 0.6 is 11.6 Å². The fourth-order valence-electron chi connectivity index (χ4n) is 3.23. The van der Waals surface area contributed by atoms with Gasteiger partial charge in [-0.3, -0.25) is 9.10 Å². The van der Waals surface area contributed by atoms with E-state index in [0.29, 0.717) is 6.42 Å². The molecule has 10 heteroatoms. The lowest BCUT2D eigenvalue weighted by atomic mass is 10.1. The zero-order chi connectivity index (χ0) is 20.2. The van der Waals surface area contributed by atoms with Crippen molar-refractivity contribution in [1.29, 1.82) is 0 Å². The first-order valence-electron chi connectivity index (χ1n) is 8.27. The first-order chi connectivity index (χ1) is 13.2. The monoisotopic (exact) mass is 422 g/mol. The van der Waals surface area contributed by atoms with Crippen molar-refractivity contribution in [3.05, 3.63) is 45.6 Å². The molecule has 1 aliphatic rings. The van der Waals surface area contributed by atoms with Crippen LogP contribution in [0.25, 0.3) is 22.3 Å². The average Bonchev–Trinajstić information content (AvgIpc) is 2.99. The summed E-state index contributed by atoms with van der Waals surface area (Å²) in [5.74, 6) is -1.06. The van der Waals surface area contributed by atoms with Crippen molar-refractivity contribution in [1.82, 2.24) is 0 Å². The van der Waals surface area contributed by atoms with E-state index in [2.05, 4.69) is 0 Å². The van der Waals surface area contributed by atoms with E-state index in [1.807, 2.05) is 0 Å². The molecule has 1 fully saturated rings. The number of sulfonamides is 1. The molecule has 0 radical (unpaired) electrons. The van der Waals surface area contributed by atoms with E-state index in [4.69, 9.17) is 21.8 Å². The van der Waals surface area contributed by atoms with Gasteiger partial charge in [-0.15, -0.1) is 0 Å². The summed E-state index contributed by atoms with van der Waals surface area (Å²) in [5.41, 5.74) is 5.63. The maximum atomic E-state index is 12.7. The van der Waals surface area contributed by atoms with Crippen LogP contribution in [0.3, 0.4) is 0 Å². The van der Waals surface area contributed by atoms with Gasteiger partial charge in [-0.1, -0.05) is 11.6 Å². The molecular formula is C18H15ClN2O6S. The van der Waals surface area contributed by atoms with Crippen molar-refractivity contribution in [2.45, 2.75) is 6.42 Å². The van der Waals surface area contributed by atoms with E-state index in [9.17, 15) is 23.4 Å².